The third kappa shape index (κ3) is 4.61. The molecule has 0 aliphatic rings. The third-order valence-electron chi connectivity index (χ3n) is 3.35. The molecular formula is C17H28O4. The molecule has 1 unspecified atom stereocenters. The fourth-order valence-corrected chi connectivity index (χ4v) is 2.08. The number of aromatic hydroxyl groups is 1. The first-order valence-electron chi connectivity index (χ1n) is 7.26. The van der Waals surface area contributed by atoms with Gasteiger partial charge in [0.25, 0.3) is 0 Å². The molecule has 1 atom stereocenters. The normalized spacial score (nSPS) is 14.1. The Balaban J connectivity index is 3.27. The Morgan fingerprint density at radius 1 is 1.00 bits per heavy atom. The molecule has 1 aromatic carbocycles. The molecule has 4 heteroatoms. The average Bonchev–Trinajstić information content (AvgIpc) is 2.34. The van der Waals surface area contributed by atoms with Gasteiger partial charge in [-0.3, -0.25) is 0 Å². The van der Waals surface area contributed by atoms with Crippen molar-refractivity contribution in [3.63, 3.8) is 0 Å². The molecule has 0 amide bonds. The summed E-state index contributed by atoms with van der Waals surface area (Å²) < 4.78 is 5.56. The van der Waals surface area contributed by atoms with E-state index in [9.17, 15) is 10.2 Å². The molecule has 0 bridgehead atoms. The number of hydrogen-bond acceptors (Lipinski definition) is 4. The lowest BCUT2D eigenvalue weighted by Gasteiger charge is -2.28. The van der Waals surface area contributed by atoms with Crippen molar-refractivity contribution in [2.75, 3.05) is 13.2 Å². The Bertz CT molecular complexity index is 446. The van der Waals surface area contributed by atoms with Crippen LogP contribution in [-0.2, 0) is 10.8 Å². The minimum absolute atomic E-state index is 0.0223. The summed E-state index contributed by atoms with van der Waals surface area (Å²) in [6.45, 7) is 11.9. The highest BCUT2D eigenvalue weighted by Crippen LogP contribution is 2.41. The zero-order chi connectivity index (χ0) is 16.4. The van der Waals surface area contributed by atoms with Gasteiger partial charge in [0.1, 0.15) is 24.2 Å². The van der Waals surface area contributed by atoms with E-state index in [4.69, 9.17) is 9.84 Å². The Hall–Kier alpha value is -1.26. The highest BCUT2D eigenvalue weighted by molar-refractivity contribution is 5.51. The molecule has 0 radical (unpaired) electrons. The predicted octanol–water partition coefficient (Wildman–Crippen LogP) is 2.72. The van der Waals surface area contributed by atoms with E-state index in [1.54, 1.807) is 12.1 Å². The van der Waals surface area contributed by atoms with Gasteiger partial charge in [0.15, 0.2) is 0 Å². The van der Waals surface area contributed by atoms with Crippen LogP contribution in [0.5, 0.6) is 11.5 Å². The lowest BCUT2D eigenvalue weighted by atomic mass is 9.79. The largest absolute Gasteiger partial charge is 0.507 e. The third-order valence-corrected chi connectivity index (χ3v) is 3.35. The number of aliphatic hydroxyl groups is 2. The highest BCUT2D eigenvalue weighted by Gasteiger charge is 2.27. The van der Waals surface area contributed by atoms with Crippen molar-refractivity contribution in [3.8, 4) is 11.5 Å². The van der Waals surface area contributed by atoms with Crippen LogP contribution in [0, 0.1) is 0 Å². The zero-order valence-corrected chi connectivity index (χ0v) is 13.9. The van der Waals surface area contributed by atoms with Gasteiger partial charge >= 0.3 is 0 Å². The molecule has 0 aliphatic heterocycles. The minimum Gasteiger partial charge on any atom is -0.507 e. The van der Waals surface area contributed by atoms with Crippen LogP contribution in [-0.4, -0.2) is 34.6 Å². The van der Waals surface area contributed by atoms with Crippen LogP contribution in [0.15, 0.2) is 12.1 Å². The van der Waals surface area contributed by atoms with E-state index < -0.39 is 6.10 Å². The summed E-state index contributed by atoms with van der Waals surface area (Å²) >= 11 is 0. The number of ether oxygens (including phenoxy) is 1. The van der Waals surface area contributed by atoms with Gasteiger partial charge in [-0.1, -0.05) is 41.5 Å². The molecule has 0 spiro atoms. The maximum atomic E-state index is 10.6. The second kappa shape index (κ2) is 6.24. The van der Waals surface area contributed by atoms with Gasteiger partial charge < -0.3 is 20.1 Å². The van der Waals surface area contributed by atoms with Crippen LogP contribution in [0.2, 0.25) is 0 Å². The van der Waals surface area contributed by atoms with E-state index in [2.05, 4.69) is 0 Å². The minimum atomic E-state index is -0.907. The van der Waals surface area contributed by atoms with Crippen LogP contribution < -0.4 is 4.74 Å². The molecule has 0 saturated heterocycles. The summed E-state index contributed by atoms with van der Waals surface area (Å²) in [5.41, 5.74) is 1.17. The number of phenolic OH excluding ortho intramolecular Hbond substituents is 1. The molecule has 0 aromatic heterocycles. The lowest BCUT2D eigenvalue weighted by Crippen LogP contribution is -2.22. The van der Waals surface area contributed by atoms with Gasteiger partial charge in [0.05, 0.1) is 6.61 Å². The van der Waals surface area contributed by atoms with Gasteiger partial charge in [0.2, 0.25) is 0 Å². The monoisotopic (exact) mass is 296 g/mol. The molecule has 0 heterocycles. The fraction of sp³-hybridized carbons (Fsp3) is 0.647. The van der Waals surface area contributed by atoms with E-state index in [0.29, 0.717) is 11.5 Å². The number of phenols is 1. The van der Waals surface area contributed by atoms with E-state index in [0.717, 1.165) is 11.1 Å². The van der Waals surface area contributed by atoms with Crippen molar-refractivity contribution in [2.45, 2.75) is 58.5 Å². The molecule has 120 valence electrons. The zero-order valence-electron chi connectivity index (χ0n) is 13.9. The molecule has 21 heavy (non-hydrogen) atoms. The Morgan fingerprint density at radius 3 is 1.76 bits per heavy atom. The van der Waals surface area contributed by atoms with Crippen molar-refractivity contribution in [3.05, 3.63) is 23.3 Å². The number of benzene rings is 1. The van der Waals surface area contributed by atoms with Gasteiger partial charge in [-0.15, -0.1) is 0 Å². The van der Waals surface area contributed by atoms with Gasteiger partial charge in [-0.2, -0.15) is 0 Å². The molecule has 1 aromatic rings. The molecule has 0 saturated carbocycles. The first kappa shape index (κ1) is 17.8. The summed E-state index contributed by atoms with van der Waals surface area (Å²) in [5.74, 6) is 0.889. The fourth-order valence-electron chi connectivity index (χ4n) is 2.08. The summed E-state index contributed by atoms with van der Waals surface area (Å²) in [6.07, 6.45) is -0.907. The van der Waals surface area contributed by atoms with Crippen LogP contribution in [0.4, 0.5) is 0 Å². The summed E-state index contributed by atoms with van der Waals surface area (Å²) in [4.78, 5) is 0. The number of aliphatic hydroxyl groups excluding tert-OH is 2. The maximum absolute atomic E-state index is 10.6. The van der Waals surface area contributed by atoms with Crippen molar-refractivity contribution < 1.29 is 20.1 Å². The quantitative estimate of drug-likeness (QED) is 0.799. The van der Waals surface area contributed by atoms with E-state index >= 15 is 0 Å². The molecule has 0 aliphatic carbocycles. The first-order valence-corrected chi connectivity index (χ1v) is 7.26. The SMILES string of the molecule is CC(C)(C)c1cc(OCC(O)CO)cc(C(C)(C)C)c1O. The van der Waals surface area contributed by atoms with Gasteiger partial charge in [-0.25, -0.2) is 0 Å². The number of rotatable bonds is 4. The number of hydrogen-bond donors (Lipinski definition) is 3. The average molecular weight is 296 g/mol. The first-order chi connectivity index (χ1) is 9.46. The lowest BCUT2D eigenvalue weighted by molar-refractivity contribution is 0.0535. The van der Waals surface area contributed by atoms with Crippen LogP contribution in [0.1, 0.15) is 52.7 Å². The molecule has 0 fully saturated rings. The molecule has 4 nitrogen and oxygen atoms in total. The Morgan fingerprint density at radius 2 is 1.43 bits per heavy atom. The predicted molar refractivity (Wildman–Crippen MR) is 84.1 cm³/mol. The topological polar surface area (TPSA) is 69.9 Å². The Labute approximate surface area is 127 Å². The van der Waals surface area contributed by atoms with Crippen molar-refractivity contribution in [1.29, 1.82) is 0 Å². The second-order valence-corrected chi connectivity index (χ2v) is 7.51. The smallest absolute Gasteiger partial charge is 0.123 e. The van der Waals surface area contributed by atoms with Crippen molar-refractivity contribution >= 4 is 0 Å². The Kier molecular flexibility index (Phi) is 5.29. The van der Waals surface area contributed by atoms with Crippen LogP contribution >= 0.6 is 0 Å². The van der Waals surface area contributed by atoms with Crippen molar-refractivity contribution in [2.24, 2.45) is 0 Å². The maximum Gasteiger partial charge on any atom is 0.123 e. The van der Waals surface area contributed by atoms with E-state index in [1.165, 1.54) is 0 Å². The van der Waals surface area contributed by atoms with Crippen LogP contribution in [0.25, 0.3) is 0 Å². The van der Waals surface area contributed by atoms with E-state index in [-0.39, 0.29) is 24.0 Å². The summed E-state index contributed by atoms with van der Waals surface area (Å²) in [6, 6.07) is 3.60. The molecule has 3 N–H and O–H groups in total. The second-order valence-electron chi connectivity index (χ2n) is 7.51. The molecular weight excluding hydrogens is 268 g/mol. The van der Waals surface area contributed by atoms with Gasteiger partial charge in [-0.05, 0) is 23.0 Å². The standard InChI is InChI=1S/C17H28O4/c1-16(2,3)13-7-12(21-10-11(19)9-18)8-14(15(13)20)17(4,5)6/h7-8,11,18-20H,9-10H2,1-6H3. The van der Waals surface area contributed by atoms with E-state index in [1.807, 2.05) is 41.5 Å². The van der Waals surface area contributed by atoms with Crippen molar-refractivity contribution in [1.82, 2.24) is 0 Å². The summed E-state index contributed by atoms with van der Waals surface area (Å²) in [5, 5.41) is 28.8. The summed E-state index contributed by atoms with van der Waals surface area (Å²) in [7, 11) is 0. The van der Waals surface area contributed by atoms with Gasteiger partial charge in [0, 0.05) is 11.1 Å². The highest BCUT2D eigenvalue weighted by atomic mass is 16.5. The van der Waals surface area contributed by atoms with Crippen LogP contribution in [0.3, 0.4) is 0 Å². The molecule has 1 rings (SSSR count).